The number of benzene rings is 2. The fourth-order valence-corrected chi connectivity index (χ4v) is 2.72. The number of aryl methyl sites for hydroxylation is 1. The second-order valence-electron chi connectivity index (χ2n) is 5.44. The van der Waals surface area contributed by atoms with Gasteiger partial charge in [-0.3, -0.25) is 0 Å². The van der Waals surface area contributed by atoms with Gasteiger partial charge >= 0.3 is 0 Å². The summed E-state index contributed by atoms with van der Waals surface area (Å²) in [6, 6.07) is 17.4. The van der Waals surface area contributed by atoms with Crippen molar-refractivity contribution < 1.29 is 0 Å². The molecule has 21 heavy (non-hydrogen) atoms. The van der Waals surface area contributed by atoms with Gasteiger partial charge in [0.2, 0.25) is 0 Å². The predicted octanol–water partition coefficient (Wildman–Crippen LogP) is 5.19. The van der Waals surface area contributed by atoms with Crippen LogP contribution in [-0.2, 0) is 12.8 Å². The average Bonchev–Trinajstić information content (AvgIpc) is 2.51. The molecule has 1 atom stereocenters. The van der Waals surface area contributed by atoms with Crippen molar-refractivity contribution in [1.82, 2.24) is 5.32 Å². The van der Waals surface area contributed by atoms with E-state index in [1.165, 1.54) is 16.7 Å². The number of hydrogen-bond acceptors (Lipinski definition) is 1. The third-order valence-electron chi connectivity index (χ3n) is 3.76. The number of halogens is 1. The lowest BCUT2D eigenvalue weighted by Gasteiger charge is -2.20. The Kier molecular flexibility index (Phi) is 6.28. The van der Waals surface area contributed by atoms with E-state index in [1.54, 1.807) is 0 Å². The number of rotatable bonds is 7. The van der Waals surface area contributed by atoms with Crippen molar-refractivity contribution in [2.75, 3.05) is 6.54 Å². The molecule has 112 valence electrons. The first-order valence-electron chi connectivity index (χ1n) is 7.79. The largest absolute Gasteiger partial charge is 0.310 e. The molecule has 0 heterocycles. The van der Waals surface area contributed by atoms with Crippen LogP contribution in [0.15, 0.2) is 48.5 Å². The van der Waals surface area contributed by atoms with Crippen LogP contribution in [0.25, 0.3) is 0 Å². The first-order chi connectivity index (χ1) is 10.2. The molecule has 2 heteroatoms. The second kappa shape index (κ2) is 8.21. The van der Waals surface area contributed by atoms with Crippen LogP contribution >= 0.6 is 11.6 Å². The smallest absolute Gasteiger partial charge is 0.0408 e. The molecule has 0 aliphatic rings. The van der Waals surface area contributed by atoms with Gasteiger partial charge in [-0.15, -0.1) is 0 Å². The van der Waals surface area contributed by atoms with E-state index in [4.69, 9.17) is 11.6 Å². The lowest BCUT2D eigenvalue weighted by atomic mass is 9.97. The quantitative estimate of drug-likeness (QED) is 0.742. The van der Waals surface area contributed by atoms with Crippen molar-refractivity contribution in [3.63, 3.8) is 0 Å². The minimum absolute atomic E-state index is 0.342. The van der Waals surface area contributed by atoms with Crippen LogP contribution in [0.1, 0.15) is 43.0 Å². The first kappa shape index (κ1) is 16.1. The molecule has 0 radical (unpaired) electrons. The van der Waals surface area contributed by atoms with Crippen molar-refractivity contribution in [2.24, 2.45) is 0 Å². The van der Waals surface area contributed by atoms with Crippen LogP contribution in [0.3, 0.4) is 0 Å². The zero-order valence-corrected chi connectivity index (χ0v) is 13.7. The van der Waals surface area contributed by atoms with Gasteiger partial charge in [0.15, 0.2) is 0 Å². The summed E-state index contributed by atoms with van der Waals surface area (Å²) < 4.78 is 0. The number of hydrogen-bond donors (Lipinski definition) is 1. The van der Waals surface area contributed by atoms with Gasteiger partial charge in [-0.1, -0.05) is 61.8 Å². The normalized spacial score (nSPS) is 12.3. The Morgan fingerprint density at radius 1 is 1.00 bits per heavy atom. The summed E-state index contributed by atoms with van der Waals surface area (Å²) in [6.07, 6.45) is 3.19. The molecule has 0 fully saturated rings. The summed E-state index contributed by atoms with van der Waals surface area (Å²) in [5.74, 6) is 0. The zero-order chi connectivity index (χ0) is 15.1. The molecule has 2 aromatic carbocycles. The van der Waals surface area contributed by atoms with E-state index >= 15 is 0 Å². The lowest BCUT2D eigenvalue weighted by Crippen LogP contribution is -2.24. The van der Waals surface area contributed by atoms with E-state index < -0.39 is 0 Å². The zero-order valence-electron chi connectivity index (χ0n) is 12.9. The van der Waals surface area contributed by atoms with Crippen molar-refractivity contribution in [3.8, 4) is 0 Å². The van der Waals surface area contributed by atoms with Gasteiger partial charge in [-0.2, -0.15) is 0 Å². The molecule has 0 bridgehead atoms. The van der Waals surface area contributed by atoms with Crippen molar-refractivity contribution in [2.45, 2.75) is 39.2 Å². The van der Waals surface area contributed by atoms with Gasteiger partial charge in [-0.05, 0) is 54.6 Å². The Balaban J connectivity index is 2.16. The van der Waals surface area contributed by atoms with Crippen LogP contribution in [0, 0.1) is 0 Å². The van der Waals surface area contributed by atoms with Gasteiger partial charge in [0, 0.05) is 11.1 Å². The molecular weight excluding hydrogens is 278 g/mol. The van der Waals surface area contributed by atoms with Gasteiger partial charge in [-0.25, -0.2) is 0 Å². The molecule has 0 spiro atoms. The molecule has 2 aromatic rings. The summed E-state index contributed by atoms with van der Waals surface area (Å²) in [7, 11) is 0. The van der Waals surface area contributed by atoms with E-state index in [1.807, 2.05) is 12.1 Å². The summed E-state index contributed by atoms with van der Waals surface area (Å²) in [5.41, 5.74) is 4.01. The average molecular weight is 302 g/mol. The van der Waals surface area contributed by atoms with E-state index in [9.17, 15) is 0 Å². The van der Waals surface area contributed by atoms with Crippen LogP contribution in [-0.4, -0.2) is 6.54 Å². The van der Waals surface area contributed by atoms with E-state index in [0.29, 0.717) is 6.04 Å². The van der Waals surface area contributed by atoms with Crippen molar-refractivity contribution >= 4 is 11.6 Å². The van der Waals surface area contributed by atoms with E-state index in [-0.39, 0.29) is 0 Å². The van der Waals surface area contributed by atoms with Crippen LogP contribution in [0.2, 0.25) is 5.02 Å². The SMILES string of the molecule is CCCNC(Cc1cccc(Cl)c1)c1ccc(CC)cc1. The fourth-order valence-electron chi connectivity index (χ4n) is 2.51. The summed E-state index contributed by atoms with van der Waals surface area (Å²) in [4.78, 5) is 0. The molecule has 0 amide bonds. The topological polar surface area (TPSA) is 12.0 Å². The van der Waals surface area contributed by atoms with E-state index in [0.717, 1.165) is 30.8 Å². The Morgan fingerprint density at radius 2 is 1.76 bits per heavy atom. The van der Waals surface area contributed by atoms with Gasteiger partial charge in [0.05, 0.1) is 0 Å². The van der Waals surface area contributed by atoms with Crippen LogP contribution in [0.4, 0.5) is 0 Å². The highest BCUT2D eigenvalue weighted by Crippen LogP contribution is 2.21. The Morgan fingerprint density at radius 3 is 2.38 bits per heavy atom. The first-order valence-corrected chi connectivity index (χ1v) is 8.17. The van der Waals surface area contributed by atoms with Gasteiger partial charge in [0.1, 0.15) is 0 Å². The maximum absolute atomic E-state index is 6.10. The van der Waals surface area contributed by atoms with Gasteiger partial charge < -0.3 is 5.32 Å². The Bertz CT molecular complexity index is 548. The highest BCUT2D eigenvalue weighted by atomic mass is 35.5. The Labute approximate surface area is 133 Å². The highest BCUT2D eigenvalue weighted by molar-refractivity contribution is 6.30. The number of nitrogens with one attached hydrogen (secondary N) is 1. The predicted molar refractivity (Wildman–Crippen MR) is 92.0 cm³/mol. The highest BCUT2D eigenvalue weighted by Gasteiger charge is 2.11. The molecule has 1 nitrogen and oxygen atoms in total. The summed E-state index contributed by atoms with van der Waals surface area (Å²) in [6.45, 7) is 5.41. The minimum atomic E-state index is 0.342. The third kappa shape index (κ3) is 4.87. The monoisotopic (exact) mass is 301 g/mol. The second-order valence-corrected chi connectivity index (χ2v) is 5.87. The lowest BCUT2D eigenvalue weighted by molar-refractivity contribution is 0.529. The van der Waals surface area contributed by atoms with E-state index in [2.05, 4.69) is 55.6 Å². The molecule has 1 N–H and O–H groups in total. The molecule has 0 aliphatic heterocycles. The molecule has 0 saturated heterocycles. The molecule has 0 aliphatic carbocycles. The minimum Gasteiger partial charge on any atom is -0.310 e. The molecule has 1 unspecified atom stereocenters. The van der Waals surface area contributed by atoms with Crippen molar-refractivity contribution in [1.29, 1.82) is 0 Å². The third-order valence-corrected chi connectivity index (χ3v) is 4.00. The summed E-state index contributed by atoms with van der Waals surface area (Å²) in [5, 5.41) is 4.46. The van der Waals surface area contributed by atoms with Crippen LogP contribution in [0.5, 0.6) is 0 Å². The molecule has 0 aromatic heterocycles. The maximum Gasteiger partial charge on any atom is 0.0408 e. The van der Waals surface area contributed by atoms with Gasteiger partial charge in [0.25, 0.3) is 0 Å². The standard InChI is InChI=1S/C19H24ClN/c1-3-12-21-19(14-16-6-5-7-18(20)13-16)17-10-8-15(4-2)9-11-17/h5-11,13,19,21H,3-4,12,14H2,1-2H3. The summed E-state index contributed by atoms with van der Waals surface area (Å²) >= 11 is 6.10. The molecule has 2 rings (SSSR count). The molecular formula is C19H24ClN. The van der Waals surface area contributed by atoms with Crippen LogP contribution < -0.4 is 5.32 Å². The Hall–Kier alpha value is -1.31. The van der Waals surface area contributed by atoms with Crippen molar-refractivity contribution in [3.05, 3.63) is 70.2 Å². The fraction of sp³-hybridized carbons (Fsp3) is 0.368. The molecule has 0 saturated carbocycles. The maximum atomic E-state index is 6.10.